The van der Waals surface area contributed by atoms with Crippen molar-refractivity contribution < 1.29 is 9.47 Å². The van der Waals surface area contributed by atoms with Crippen molar-refractivity contribution in [3.05, 3.63) is 95.9 Å². The van der Waals surface area contributed by atoms with Crippen molar-refractivity contribution in [2.24, 2.45) is 5.92 Å². The van der Waals surface area contributed by atoms with Gasteiger partial charge in [0.1, 0.15) is 17.2 Å². The van der Waals surface area contributed by atoms with E-state index in [1.807, 2.05) is 55.5 Å². The van der Waals surface area contributed by atoms with Crippen molar-refractivity contribution in [2.75, 3.05) is 6.61 Å². The third-order valence-corrected chi connectivity index (χ3v) is 4.78. The quantitative estimate of drug-likeness (QED) is 0.445. The fourth-order valence-corrected chi connectivity index (χ4v) is 3.13. The molecule has 1 radical (unpaired) electrons. The van der Waals surface area contributed by atoms with Gasteiger partial charge in [-0.15, -0.1) is 0 Å². The molecule has 27 heavy (non-hydrogen) atoms. The maximum atomic E-state index is 5.96. The largest absolute Gasteiger partial charge is 0.494 e. The molecule has 3 rings (SSSR count). The minimum absolute atomic E-state index is 0.440. The second-order valence-electron chi connectivity index (χ2n) is 6.81. The summed E-state index contributed by atoms with van der Waals surface area (Å²) in [5, 5.41) is 0. The lowest BCUT2D eigenvalue weighted by Gasteiger charge is -2.20. The number of hydrogen-bond acceptors (Lipinski definition) is 2. The normalized spacial score (nSPS) is 12.0. The lowest BCUT2D eigenvalue weighted by Crippen LogP contribution is -2.10. The summed E-state index contributed by atoms with van der Waals surface area (Å²) in [5.74, 6) is 4.49. The maximum absolute atomic E-state index is 5.96. The Morgan fingerprint density at radius 1 is 0.815 bits per heavy atom. The van der Waals surface area contributed by atoms with E-state index in [4.69, 9.17) is 9.47 Å². The molecule has 1 atom stereocenters. The molecule has 0 aliphatic carbocycles. The Labute approximate surface area is 162 Å². The maximum Gasteiger partial charge on any atom is 0.127 e. The van der Waals surface area contributed by atoms with Gasteiger partial charge in [0.2, 0.25) is 0 Å². The Morgan fingerprint density at radius 3 is 2.22 bits per heavy atom. The van der Waals surface area contributed by atoms with Crippen LogP contribution in [-0.2, 0) is 6.42 Å². The molecule has 0 fully saturated rings. The van der Waals surface area contributed by atoms with Crippen LogP contribution in [0.15, 0.2) is 78.9 Å². The zero-order valence-corrected chi connectivity index (χ0v) is 16.3. The first-order valence-corrected chi connectivity index (χ1v) is 9.54. The van der Waals surface area contributed by atoms with Crippen molar-refractivity contribution in [2.45, 2.75) is 27.2 Å². The molecule has 0 aromatic heterocycles. The van der Waals surface area contributed by atoms with Crippen LogP contribution in [0, 0.1) is 11.8 Å². The van der Waals surface area contributed by atoms with Gasteiger partial charge in [0, 0.05) is 5.92 Å². The molecule has 1 unspecified atom stereocenters. The summed E-state index contributed by atoms with van der Waals surface area (Å²) in [5.41, 5.74) is 2.55. The minimum atomic E-state index is 0.440. The fraction of sp³-hybridized carbons (Fsp3) is 0.240. The molecule has 0 saturated carbocycles. The molecular weight excluding hydrogens is 332 g/mol. The molecular formula is C25H27O2. The standard InChI is InChI=1S/C25H27O2/c1-4-26-23-15-13-22(14-16-23)20(3)19(2)17-21-9-8-12-25(18-21)27-24-10-6-5-7-11-24/h5-16,18-19H,4,17H2,1-3H3. The van der Waals surface area contributed by atoms with Gasteiger partial charge in [0.05, 0.1) is 6.61 Å². The van der Waals surface area contributed by atoms with Crippen LogP contribution in [0.1, 0.15) is 31.9 Å². The predicted octanol–water partition coefficient (Wildman–Crippen LogP) is 6.70. The van der Waals surface area contributed by atoms with Crippen LogP contribution in [-0.4, -0.2) is 6.61 Å². The SMILES string of the molecule is CCOc1ccc([C](C)C(C)Cc2cccc(Oc3ccccc3)c2)cc1. The Bertz CT molecular complexity index is 824. The van der Waals surface area contributed by atoms with Crippen LogP contribution in [0.3, 0.4) is 0 Å². The van der Waals surface area contributed by atoms with E-state index in [9.17, 15) is 0 Å². The van der Waals surface area contributed by atoms with Crippen molar-refractivity contribution in [1.29, 1.82) is 0 Å². The second kappa shape index (κ2) is 9.27. The highest BCUT2D eigenvalue weighted by atomic mass is 16.5. The van der Waals surface area contributed by atoms with Crippen molar-refractivity contribution in [1.82, 2.24) is 0 Å². The van der Waals surface area contributed by atoms with Gasteiger partial charge >= 0.3 is 0 Å². The number of benzene rings is 3. The van der Waals surface area contributed by atoms with E-state index in [1.165, 1.54) is 17.0 Å². The average Bonchev–Trinajstić information content (AvgIpc) is 2.69. The van der Waals surface area contributed by atoms with E-state index in [0.717, 1.165) is 23.7 Å². The lowest BCUT2D eigenvalue weighted by molar-refractivity contribution is 0.340. The van der Waals surface area contributed by atoms with Crippen LogP contribution >= 0.6 is 0 Å². The Morgan fingerprint density at radius 2 is 1.52 bits per heavy atom. The van der Waals surface area contributed by atoms with Gasteiger partial charge in [-0.1, -0.05) is 56.3 Å². The zero-order chi connectivity index (χ0) is 19.1. The summed E-state index contributed by atoms with van der Waals surface area (Å²) < 4.78 is 11.5. The first-order chi connectivity index (χ1) is 13.2. The molecule has 0 spiro atoms. The molecule has 2 heteroatoms. The molecule has 2 nitrogen and oxygen atoms in total. The summed E-state index contributed by atoms with van der Waals surface area (Å²) >= 11 is 0. The summed E-state index contributed by atoms with van der Waals surface area (Å²) in [6.07, 6.45) is 0.977. The van der Waals surface area contributed by atoms with Crippen LogP contribution in [0.4, 0.5) is 0 Å². The van der Waals surface area contributed by atoms with Gasteiger partial charge < -0.3 is 9.47 Å². The summed E-state index contributed by atoms with van der Waals surface area (Å²) in [6, 6.07) is 26.6. The highest BCUT2D eigenvalue weighted by Crippen LogP contribution is 2.29. The van der Waals surface area contributed by atoms with E-state index in [0.29, 0.717) is 12.5 Å². The van der Waals surface area contributed by atoms with E-state index < -0.39 is 0 Å². The van der Waals surface area contributed by atoms with E-state index in [2.05, 4.69) is 44.2 Å². The van der Waals surface area contributed by atoms with Crippen LogP contribution < -0.4 is 9.47 Å². The molecule has 0 aliphatic heterocycles. The van der Waals surface area contributed by atoms with Gasteiger partial charge in [0.25, 0.3) is 0 Å². The number of ether oxygens (including phenoxy) is 2. The number of rotatable bonds is 8. The van der Waals surface area contributed by atoms with Gasteiger partial charge in [-0.05, 0) is 66.8 Å². The summed E-state index contributed by atoms with van der Waals surface area (Å²) in [4.78, 5) is 0. The molecule has 3 aromatic carbocycles. The average molecular weight is 359 g/mol. The second-order valence-corrected chi connectivity index (χ2v) is 6.81. The molecule has 0 saturated heterocycles. The van der Waals surface area contributed by atoms with Gasteiger partial charge in [-0.2, -0.15) is 0 Å². The third kappa shape index (κ3) is 5.37. The van der Waals surface area contributed by atoms with Crippen molar-refractivity contribution in [3.8, 4) is 17.2 Å². The smallest absolute Gasteiger partial charge is 0.127 e. The minimum Gasteiger partial charge on any atom is -0.494 e. The van der Waals surface area contributed by atoms with E-state index >= 15 is 0 Å². The molecule has 0 aliphatic rings. The monoisotopic (exact) mass is 359 g/mol. The molecule has 0 amide bonds. The van der Waals surface area contributed by atoms with E-state index in [-0.39, 0.29) is 0 Å². The molecule has 0 N–H and O–H groups in total. The Kier molecular flexibility index (Phi) is 6.54. The molecule has 3 aromatic rings. The predicted molar refractivity (Wildman–Crippen MR) is 111 cm³/mol. The summed E-state index contributed by atoms with van der Waals surface area (Å²) in [7, 11) is 0. The van der Waals surface area contributed by atoms with Crippen LogP contribution in [0.25, 0.3) is 0 Å². The molecule has 0 heterocycles. The van der Waals surface area contributed by atoms with Gasteiger partial charge in [-0.3, -0.25) is 0 Å². The van der Waals surface area contributed by atoms with Gasteiger partial charge in [0.15, 0.2) is 0 Å². The summed E-state index contributed by atoms with van der Waals surface area (Å²) in [6.45, 7) is 7.18. The highest BCUT2D eigenvalue weighted by Gasteiger charge is 2.16. The van der Waals surface area contributed by atoms with Crippen molar-refractivity contribution >= 4 is 0 Å². The lowest BCUT2D eigenvalue weighted by atomic mass is 9.85. The van der Waals surface area contributed by atoms with E-state index in [1.54, 1.807) is 0 Å². The van der Waals surface area contributed by atoms with Crippen LogP contribution in [0.5, 0.6) is 17.2 Å². The zero-order valence-electron chi connectivity index (χ0n) is 16.3. The molecule has 139 valence electrons. The van der Waals surface area contributed by atoms with Gasteiger partial charge in [-0.25, -0.2) is 0 Å². The third-order valence-electron chi connectivity index (χ3n) is 4.78. The Hall–Kier alpha value is -2.74. The topological polar surface area (TPSA) is 18.5 Å². The number of para-hydroxylation sites is 1. The highest BCUT2D eigenvalue weighted by molar-refractivity contribution is 5.38. The molecule has 0 bridgehead atoms. The number of hydrogen-bond donors (Lipinski definition) is 0. The first-order valence-electron chi connectivity index (χ1n) is 9.54. The van der Waals surface area contributed by atoms with Crippen LogP contribution in [0.2, 0.25) is 0 Å². The first kappa shape index (κ1) is 19.0. The van der Waals surface area contributed by atoms with Crippen molar-refractivity contribution in [3.63, 3.8) is 0 Å². The fourth-order valence-electron chi connectivity index (χ4n) is 3.13. The Balaban J connectivity index is 1.64.